The minimum Gasteiger partial charge on any atom is -0.510 e. The predicted molar refractivity (Wildman–Crippen MR) is 320 cm³/mol. The Hall–Kier alpha value is -10.1. The second-order valence-electron chi connectivity index (χ2n) is 19.9. The second kappa shape index (κ2) is 19.1. The summed E-state index contributed by atoms with van der Waals surface area (Å²) in [4.78, 5) is 5.11. The zero-order chi connectivity index (χ0) is 52.0. The van der Waals surface area contributed by atoms with Gasteiger partial charge in [-0.05, 0) is 81.9 Å². The number of aromatic nitrogens is 6. The smallest absolute Gasteiger partial charge is 0.268 e. The number of nitrogens with zero attached hydrogens (tertiary/aromatic N) is 6. The maximum Gasteiger partial charge on any atom is 0.268 e. The van der Waals surface area contributed by atoms with E-state index in [1.807, 2.05) is 30.5 Å². The summed E-state index contributed by atoms with van der Waals surface area (Å²) in [6.07, 6.45) is 5.67. The Bertz CT molecular complexity index is 4970. The number of rotatable bonds is 9. The predicted octanol–water partition coefficient (Wildman–Crippen LogP) is 17.1. The van der Waals surface area contributed by atoms with Gasteiger partial charge in [0.05, 0.1) is 44.3 Å². The van der Waals surface area contributed by atoms with Crippen molar-refractivity contribution in [2.75, 3.05) is 0 Å². The molecule has 0 bridgehead atoms. The molecule has 80 heavy (non-hydrogen) atoms. The van der Waals surface area contributed by atoms with Crippen LogP contribution in [0.2, 0.25) is 0 Å². The quantitative estimate of drug-likeness (QED) is 0.107. The minimum absolute atomic E-state index is 0. The number of para-hydroxylation sites is 7. The molecule has 16 aromatic rings. The van der Waals surface area contributed by atoms with Crippen LogP contribution >= 0.6 is 0 Å². The second-order valence-corrected chi connectivity index (χ2v) is 19.9. The summed E-state index contributed by atoms with van der Waals surface area (Å²) in [7, 11) is 0. The Morgan fingerprint density at radius 3 is 1.56 bits per heavy atom. The monoisotopic (exact) mass is 1200 g/mol. The van der Waals surface area contributed by atoms with Crippen LogP contribution < -0.4 is 9.30 Å². The van der Waals surface area contributed by atoms with Gasteiger partial charge in [0, 0.05) is 71.7 Å². The molecule has 16 rings (SSSR count). The maximum absolute atomic E-state index is 6.95. The van der Waals surface area contributed by atoms with Gasteiger partial charge in [0.15, 0.2) is 0 Å². The third-order valence-electron chi connectivity index (χ3n) is 15.4. The van der Waals surface area contributed by atoms with Crippen LogP contribution in [0.5, 0.6) is 11.5 Å². The SMILES string of the molecule is [Pt].[c-]1c(Oc2[c-]c3c(cc2)c2c4c5ccccc5n(-c5ccccc5)c4c4c5ccccc5n(-c5ccccc5)c4c2n3-c2ccccn2)cccc1-[n+]1[c-]n(-c2c(-c3ccccc3)cccc2-c2ccccc2)c2ccccc21. The van der Waals surface area contributed by atoms with Crippen molar-refractivity contribution in [2.45, 2.75) is 0 Å². The minimum atomic E-state index is 0. The topological polar surface area (TPSA) is 45.7 Å². The van der Waals surface area contributed by atoms with Gasteiger partial charge in [0.2, 0.25) is 0 Å². The fourth-order valence-corrected chi connectivity index (χ4v) is 12.2. The van der Waals surface area contributed by atoms with Crippen molar-refractivity contribution >= 4 is 76.5 Å². The Labute approximate surface area is 474 Å². The van der Waals surface area contributed by atoms with Crippen molar-refractivity contribution in [1.82, 2.24) is 23.3 Å². The number of hydrogen-bond acceptors (Lipinski definition) is 2. The molecule has 0 saturated heterocycles. The Kier molecular flexibility index (Phi) is 11.3. The first-order valence-corrected chi connectivity index (χ1v) is 26.6. The molecular formula is C72H44N6OPt-2. The number of ether oxygens (including phenoxy) is 1. The van der Waals surface area contributed by atoms with Crippen molar-refractivity contribution in [3.63, 3.8) is 0 Å². The van der Waals surface area contributed by atoms with E-state index in [0.29, 0.717) is 11.5 Å². The van der Waals surface area contributed by atoms with Crippen LogP contribution in [0.3, 0.4) is 0 Å². The first kappa shape index (κ1) is 47.2. The Morgan fingerprint density at radius 2 is 0.912 bits per heavy atom. The molecule has 0 aliphatic heterocycles. The first-order chi connectivity index (χ1) is 39.2. The molecule has 0 atom stereocenters. The van der Waals surface area contributed by atoms with Crippen LogP contribution in [0.4, 0.5) is 0 Å². The van der Waals surface area contributed by atoms with Gasteiger partial charge in [0.25, 0.3) is 6.33 Å². The van der Waals surface area contributed by atoms with Crippen LogP contribution in [0, 0.1) is 18.5 Å². The van der Waals surface area contributed by atoms with Crippen LogP contribution in [0.25, 0.3) is 127 Å². The van der Waals surface area contributed by atoms with Gasteiger partial charge in [-0.25, -0.2) is 4.98 Å². The molecule has 0 unspecified atom stereocenters. The molecule has 5 heterocycles. The molecular weight excluding hydrogens is 1160 g/mol. The van der Waals surface area contributed by atoms with E-state index < -0.39 is 0 Å². The molecule has 0 aliphatic rings. The van der Waals surface area contributed by atoms with E-state index in [0.717, 1.165) is 127 Å². The molecule has 0 amide bonds. The van der Waals surface area contributed by atoms with Gasteiger partial charge in [0.1, 0.15) is 5.82 Å². The summed E-state index contributed by atoms with van der Waals surface area (Å²) in [5, 5.41) is 6.77. The first-order valence-electron chi connectivity index (χ1n) is 26.6. The van der Waals surface area contributed by atoms with E-state index in [2.05, 4.69) is 278 Å². The van der Waals surface area contributed by atoms with Gasteiger partial charge in [-0.2, -0.15) is 18.2 Å². The normalized spacial score (nSPS) is 11.7. The molecule has 0 radical (unpaired) electrons. The number of pyridine rings is 1. The molecule has 0 saturated carbocycles. The van der Waals surface area contributed by atoms with Crippen LogP contribution in [0.1, 0.15) is 0 Å². The van der Waals surface area contributed by atoms with Gasteiger partial charge >= 0.3 is 0 Å². The fourth-order valence-electron chi connectivity index (χ4n) is 12.2. The van der Waals surface area contributed by atoms with Crippen LogP contribution in [-0.4, -0.2) is 23.3 Å². The van der Waals surface area contributed by atoms with Crippen LogP contribution in [0.15, 0.2) is 267 Å². The Balaban J connectivity index is 0.00000552. The Morgan fingerprint density at radius 1 is 0.388 bits per heavy atom. The standard InChI is InChI=1S/C72H44N6O.Pt/c1-5-23-48(24-6-1)55-35-22-36-56(49-25-7-2-8-26-49)69(55)75-47-74(62-39-17-18-40-63(62)75)52-31-21-32-53(45-52)79-54-42-43-59-64(46-54)78(65-41-19-20-44-73-65)71-67(59)66-57-33-13-15-37-60(57)76(50-27-9-3-10-28-50)70(66)68-58-34-14-16-38-61(58)77(72(68)71)51-29-11-4-12-30-51;/h1-44H;/q-2;. The van der Waals surface area contributed by atoms with Gasteiger partial charge < -0.3 is 23.0 Å². The van der Waals surface area contributed by atoms with Crippen molar-refractivity contribution in [2.24, 2.45) is 0 Å². The van der Waals surface area contributed by atoms with Gasteiger partial charge in [-0.3, -0.25) is 4.57 Å². The van der Waals surface area contributed by atoms with E-state index in [-0.39, 0.29) is 21.1 Å². The molecule has 380 valence electrons. The average Bonchev–Trinajstić information content (AvgIpc) is 3.31. The van der Waals surface area contributed by atoms with Crippen LogP contribution in [-0.2, 0) is 21.1 Å². The van der Waals surface area contributed by atoms with E-state index in [4.69, 9.17) is 9.72 Å². The summed E-state index contributed by atoms with van der Waals surface area (Å²) >= 11 is 0. The van der Waals surface area contributed by atoms with E-state index >= 15 is 0 Å². The van der Waals surface area contributed by atoms with Crippen molar-refractivity contribution in [3.8, 4) is 62.3 Å². The zero-order valence-corrected chi connectivity index (χ0v) is 45.1. The zero-order valence-electron chi connectivity index (χ0n) is 42.8. The maximum atomic E-state index is 6.95. The van der Waals surface area contributed by atoms with Crippen molar-refractivity contribution in [3.05, 3.63) is 286 Å². The summed E-state index contributed by atoms with van der Waals surface area (Å²) in [6.45, 7) is 0. The molecule has 0 N–H and O–H groups in total. The van der Waals surface area contributed by atoms with E-state index in [1.54, 1.807) is 0 Å². The third-order valence-corrected chi connectivity index (χ3v) is 15.4. The van der Waals surface area contributed by atoms with Gasteiger partial charge in [-0.15, -0.1) is 29.7 Å². The molecule has 11 aromatic carbocycles. The number of benzene rings is 11. The van der Waals surface area contributed by atoms with Gasteiger partial charge in [-0.1, -0.05) is 188 Å². The summed E-state index contributed by atoms with van der Waals surface area (Å²) < 4.78 is 18.4. The largest absolute Gasteiger partial charge is 0.510 e. The molecule has 8 heteroatoms. The number of imidazole rings is 1. The number of hydrogen-bond donors (Lipinski definition) is 0. The molecule has 7 nitrogen and oxygen atoms in total. The van der Waals surface area contributed by atoms with E-state index in [9.17, 15) is 0 Å². The van der Waals surface area contributed by atoms with Crippen molar-refractivity contribution < 1.29 is 30.4 Å². The van der Waals surface area contributed by atoms with Crippen molar-refractivity contribution in [1.29, 1.82) is 0 Å². The summed E-state index contributed by atoms with van der Waals surface area (Å²) in [5.74, 6) is 1.86. The molecule has 0 spiro atoms. The third kappa shape index (κ3) is 7.32. The van der Waals surface area contributed by atoms with E-state index in [1.165, 1.54) is 0 Å². The summed E-state index contributed by atoms with van der Waals surface area (Å²) in [5.41, 5.74) is 16.7. The molecule has 5 aromatic heterocycles. The average molecular weight is 1200 g/mol. The molecule has 0 aliphatic carbocycles. The number of fused-ring (bicyclic) bond motifs is 13. The fraction of sp³-hybridized carbons (Fsp3) is 0. The molecule has 0 fully saturated rings. The summed E-state index contributed by atoms with van der Waals surface area (Å²) in [6, 6.07) is 99.1.